The van der Waals surface area contributed by atoms with Crippen molar-refractivity contribution in [1.29, 1.82) is 0 Å². The minimum atomic E-state index is 0.792. The van der Waals surface area contributed by atoms with Gasteiger partial charge in [-0.05, 0) is 0 Å². The predicted octanol–water partition coefficient (Wildman–Crippen LogP) is 0.139. The maximum atomic E-state index is 9.17. The lowest BCUT2D eigenvalue weighted by atomic mass is 11.2. The van der Waals surface area contributed by atoms with Crippen LogP contribution in [0.4, 0.5) is 0 Å². The van der Waals surface area contributed by atoms with Gasteiger partial charge in [-0.25, -0.2) is 4.42 Å². The molecule has 0 aromatic rings. The van der Waals surface area contributed by atoms with Gasteiger partial charge >= 0.3 is 6.41 Å². The average molecular weight is 92.5 g/mol. The molecule has 0 bridgehead atoms. The molecule has 0 unspecified atom stereocenters. The Bertz CT molecular complexity index is 36.6. The van der Waals surface area contributed by atoms with Gasteiger partial charge in [0.2, 0.25) is 0 Å². The molecule has 0 heterocycles. The molecule has 29 valence electrons. The molecule has 0 N–H and O–H groups in total. The van der Waals surface area contributed by atoms with Crippen LogP contribution in [0.3, 0.4) is 0 Å². The van der Waals surface area contributed by atoms with Gasteiger partial charge in [0.1, 0.15) is 0 Å². The number of nitrogens with zero attached hydrogens (tertiary/aromatic N) is 1. The summed E-state index contributed by atoms with van der Waals surface area (Å²) in [6.07, 6.45) is 1.38. The molecule has 0 saturated carbocycles. The van der Waals surface area contributed by atoms with Crippen molar-refractivity contribution in [2.45, 2.75) is 0 Å². The van der Waals surface area contributed by atoms with Crippen molar-refractivity contribution in [2.75, 3.05) is 7.05 Å². The van der Waals surface area contributed by atoms with Gasteiger partial charge in [-0.15, -0.1) is 0 Å². The number of rotatable bonds is 1. The summed E-state index contributed by atoms with van der Waals surface area (Å²) in [6, 6.07) is 0. The first-order valence-electron chi connectivity index (χ1n) is 1.04. The van der Waals surface area contributed by atoms with Gasteiger partial charge in [-0.1, -0.05) is 0 Å². The normalized spacial score (nSPS) is 6.80. The summed E-state index contributed by atoms with van der Waals surface area (Å²) < 4.78 is 0.792. The molecule has 2 nitrogen and oxygen atoms in total. The number of halogens is 1. The molecule has 0 fully saturated rings. The van der Waals surface area contributed by atoms with Crippen molar-refractivity contribution in [3.05, 3.63) is 0 Å². The van der Waals surface area contributed by atoms with Crippen molar-refractivity contribution in [3.8, 4) is 0 Å². The van der Waals surface area contributed by atoms with Crippen LogP contribution in [0.1, 0.15) is 0 Å². The molecule has 0 aliphatic rings. The zero-order valence-electron chi connectivity index (χ0n) is 2.73. The summed E-state index contributed by atoms with van der Waals surface area (Å²) in [5.74, 6) is 0. The van der Waals surface area contributed by atoms with E-state index in [4.69, 9.17) is 11.8 Å². The summed E-state index contributed by atoms with van der Waals surface area (Å²) in [6.45, 7) is 0. The molecule has 0 rings (SSSR count). The largest absolute Gasteiger partial charge is 0.327 e. The van der Waals surface area contributed by atoms with Crippen LogP contribution in [0.15, 0.2) is 0 Å². The molecule has 3 heteroatoms. The number of amides is 1. The third kappa shape index (κ3) is 3.76. The first-order valence-corrected chi connectivity index (χ1v) is 1.38. The maximum absolute atomic E-state index is 9.17. The maximum Gasteiger partial charge on any atom is 0.327 e. The lowest BCUT2D eigenvalue weighted by Gasteiger charge is -1.85. The smallest absolute Gasteiger partial charge is 0.262 e. The van der Waals surface area contributed by atoms with Gasteiger partial charge in [0.25, 0.3) is 0 Å². The van der Waals surface area contributed by atoms with Gasteiger partial charge in [0.05, 0.1) is 0 Å². The fourth-order valence-electron chi connectivity index (χ4n) is 0. The van der Waals surface area contributed by atoms with Crippen LogP contribution in [0.2, 0.25) is 0 Å². The van der Waals surface area contributed by atoms with E-state index in [-0.39, 0.29) is 0 Å². The highest BCUT2D eigenvalue weighted by molar-refractivity contribution is 6.17. The molecule has 5 heavy (non-hydrogen) atoms. The average Bonchev–Trinajstić information content (AvgIpc) is 1.38. The van der Waals surface area contributed by atoms with Crippen LogP contribution >= 0.6 is 11.8 Å². The van der Waals surface area contributed by atoms with E-state index in [2.05, 4.69) is 0 Å². The van der Waals surface area contributed by atoms with E-state index in [9.17, 15) is 4.79 Å². The van der Waals surface area contributed by atoms with E-state index >= 15 is 0 Å². The monoisotopic (exact) mass is 92.0 g/mol. The zero-order valence-corrected chi connectivity index (χ0v) is 3.49. The van der Waals surface area contributed by atoms with Crippen molar-refractivity contribution in [1.82, 2.24) is 4.42 Å². The van der Waals surface area contributed by atoms with E-state index in [1.807, 2.05) is 0 Å². The van der Waals surface area contributed by atoms with E-state index in [0.29, 0.717) is 0 Å². The van der Waals surface area contributed by atoms with E-state index in [1.165, 1.54) is 13.5 Å². The van der Waals surface area contributed by atoms with Crippen molar-refractivity contribution in [2.24, 2.45) is 0 Å². The van der Waals surface area contributed by atoms with Crippen molar-refractivity contribution in [3.63, 3.8) is 0 Å². The lowest BCUT2D eigenvalue weighted by Crippen LogP contribution is -1.97. The second-order valence-electron chi connectivity index (χ2n) is 0.568. The standard InChI is InChI=1S/C2H3ClNO/c1-4(3)2-5/h1H3. The third-order valence-corrected chi connectivity index (χ3v) is 0.195. The summed E-state index contributed by atoms with van der Waals surface area (Å²) in [5.41, 5.74) is 0. The first-order chi connectivity index (χ1) is 2.27. The minimum Gasteiger partial charge on any atom is -0.262 e. The van der Waals surface area contributed by atoms with Gasteiger partial charge in [-0.3, -0.25) is 4.79 Å². The highest BCUT2D eigenvalue weighted by Crippen LogP contribution is 1.73. The number of hydrogen-bond donors (Lipinski definition) is 0. The number of hydrogen-bond acceptors (Lipinski definition) is 1. The predicted molar refractivity (Wildman–Crippen MR) is 19.3 cm³/mol. The Labute approximate surface area is 35.4 Å². The van der Waals surface area contributed by atoms with Crippen LogP contribution in [0, 0.1) is 0 Å². The van der Waals surface area contributed by atoms with Gasteiger partial charge in [0, 0.05) is 18.8 Å². The van der Waals surface area contributed by atoms with Crippen molar-refractivity contribution < 1.29 is 4.79 Å². The molecule has 0 atom stereocenters. The molecule has 0 aliphatic heterocycles. The summed E-state index contributed by atoms with van der Waals surface area (Å²) >= 11 is 4.87. The lowest BCUT2D eigenvalue weighted by molar-refractivity contribution is 0.521. The fraction of sp³-hybridized carbons (Fsp3) is 0.500. The third-order valence-electron chi connectivity index (χ3n) is 0.126. The Morgan fingerprint density at radius 2 is 2.20 bits per heavy atom. The highest BCUT2D eigenvalue weighted by Gasteiger charge is 1.76. The van der Waals surface area contributed by atoms with Crippen molar-refractivity contribution >= 4 is 18.2 Å². The van der Waals surface area contributed by atoms with Crippen LogP contribution in [-0.4, -0.2) is 17.9 Å². The zero-order chi connectivity index (χ0) is 4.28. The van der Waals surface area contributed by atoms with Gasteiger partial charge in [-0.2, -0.15) is 0 Å². The topological polar surface area (TPSA) is 20.3 Å². The summed E-state index contributed by atoms with van der Waals surface area (Å²) in [5, 5.41) is 0. The van der Waals surface area contributed by atoms with E-state index in [0.717, 1.165) is 4.42 Å². The molecular weight excluding hydrogens is 89.5 g/mol. The van der Waals surface area contributed by atoms with Crippen LogP contribution in [-0.2, 0) is 4.79 Å². The number of carbonyl (C=O) groups excluding carboxylic acids is 1. The van der Waals surface area contributed by atoms with Gasteiger partial charge in [0.15, 0.2) is 0 Å². The Kier molecular flexibility index (Phi) is 1.93. The van der Waals surface area contributed by atoms with E-state index in [1.54, 1.807) is 0 Å². The first kappa shape index (κ1) is 4.76. The molecule has 0 aliphatic carbocycles. The second-order valence-corrected chi connectivity index (χ2v) is 1.08. The molecular formula is C2H3ClNO. The fourth-order valence-corrected chi connectivity index (χ4v) is 0. The Hall–Kier alpha value is -0.240. The Morgan fingerprint density at radius 3 is 2.20 bits per heavy atom. The van der Waals surface area contributed by atoms with Gasteiger partial charge < -0.3 is 0 Å². The summed E-state index contributed by atoms with van der Waals surface area (Å²) in [4.78, 5) is 9.17. The Balaban J connectivity index is 2.83. The SMILES string of the molecule is CN(Cl)[C]=O. The Morgan fingerprint density at radius 1 is 2.00 bits per heavy atom. The molecule has 0 saturated heterocycles. The van der Waals surface area contributed by atoms with Crippen LogP contribution in [0.5, 0.6) is 0 Å². The minimum absolute atomic E-state index is 0.792. The quantitative estimate of drug-likeness (QED) is 0.333. The molecule has 0 aromatic carbocycles. The van der Waals surface area contributed by atoms with Crippen LogP contribution < -0.4 is 0 Å². The second kappa shape index (κ2) is 2.03. The highest BCUT2D eigenvalue weighted by atomic mass is 35.5. The molecule has 1 amide bonds. The summed E-state index contributed by atoms with van der Waals surface area (Å²) in [7, 11) is 1.40. The molecule has 0 aromatic heterocycles. The van der Waals surface area contributed by atoms with Crippen LogP contribution in [0.25, 0.3) is 0 Å². The molecule has 1 radical (unpaired) electrons. The molecule has 0 spiro atoms. The van der Waals surface area contributed by atoms with E-state index < -0.39 is 0 Å².